The van der Waals surface area contributed by atoms with Gasteiger partial charge in [0.25, 0.3) is 0 Å². The number of rotatable bonds is 7. The third-order valence-electron chi connectivity index (χ3n) is 4.07. The molecule has 0 radical (unpaired) electrons. The highest BCUT2D eigenvalue weighted by atomic mass is 16.6. The summed E-state index contributed by atoms with van der Waals surface area (Å²) < 4.78 is 16.5. The van der Waals surface area contributed by atoms with Crippen LogP contribution < -0.4 is 24.8 Å². The van der Waals surface area contributed by atoms with Crippen LogP contribution in [0.2, 0.25) is 0 Å². The van der Waals surface area contributed by atoms with E-state index in [1.807, 2.05) is 0 Å². The van der Waals surface area contributed by atoms with Gasteiger partial charge in [0.1, 0.15) is 25.0 Å². The van der Waals surface area contributed by atoms with Crippen molar-refractivity contribution in [2.24, 2.45) is 0 Å². The third kappa shape index (κ3) is 4.69. The molecule has 3 N–H and O–H groups in total. The average Bonchev–Trinajstić information content (AvgIpc) is 3.17. The Kier molecular flexibility index (Phi) is 5.80. The molecule has 1 atom stereocenters. The normalized spacial score (nSPS) is 13.6. The van der Waals surface area contributed by atoms with Crippen molar-refractivity contribution in [3.8, 4) is 17.2 Å². The summed E-state index contributed by atoms with van der Waals surface area (Å²) in [7, 11) is 1.55. The van der Waals surface area contributed by atoms with Crippen LogP contribution in [-0.2, 0) is 22.6 Å². The van der Waals surface area contributed by atoms with Gasteiger partial charge in [-0.15, -0.1) is 0 Å². The third-order valence-corrected chi connectivity index (χ3v) is 4.07. The van der Waals surface area contributed by atoms with E-state index in [-0.39, 0.29) is 18.4 Å². The number of imidazole rings is 1. The Hall–Kier alpha value is -3.23. The molecule has 0 spiro atoms. The van der Waals surface area contributed by atoms with Crippen molar-refractivity contribution in [3.05, 3.63) is 35.9 Å². The second-order valence-corrected chi connectivity index (χ2v) is 6.06. The summed E-state index contributed by atoms with van der Waals surface area (Å²) in [5.41, 5.74) is 1.50. The summed E-state index contributed by atoms with van der Waals surface area (Å²) in [6, 6.07) is 2.81. The molecule has 0 aliphatic carbocycles. The summed E-state index contributed by atoms with van der Waals surface area (Å²) in [6.45, 7) is 2.55. The van der Waals surface area contributed by atoms with E-state index >= 15 is 0 Å². The zero-order chi connectivity index (χ0) is 19.2. The standard InChI is InChI=1S/C18H22N4O5/c1-11(23)22-14(6-13-9-19-10-21-13)18(24)20-8-12-5-16-17(7-15(12)25-2)27-4-3-26-16/h5,7,9-10,14H,3-4,6,8H2,1-2H3,(H,19,21)(H,20,24)(H,22,23)/t14-/m0/s1. The lowest BCUT2D eigenvalue weighted by atomic mass is 10.1. The molecule has 1 aliphatic heterocycles. The first-order chi connectivity index (χ1) is 13.1. The van der Waals surface area contributed by atoms with Gasteiger partial charge in [-0.05, 0) is 6.07 Å². The Balaban J connectivity index is 1.69. The molecular weight excluding hydrogens is 352 g/mol. The number of nitrogens with one attached hydrogen (secondary N) is 3. The van der Waals surface area contributed by atoms with Gasteiger partial charge in [-0.1, -0.05) is 0 Å². The second-order valence-electron chi connectivity index (χ2n) is 6.06. The molecule has 0 fully saturated rings. The van der Waals surface area contributed by atoms with Crippen molar-refractivity contribution >= 4 is 11.8 Å². The number of benzene rings is 1. The maximum atomic E-state index is 12.6. The van der Waals surface area contributed by atoms with Crippen molar-refractivity contribution in [1.29, 1.82) is 0 Å². The first-order valence-corrected chi connectivity index (χ1v) is 8.55. The fraction of sp³-hybridized carbons (Fsp3) is 0.389. The van der Waals surface area contributed by atoms with Crippen molar-refractivity contribution in [2.45, 2.75) is 25.9 Å². The molecule has 0 bridgehead atoms. The van der Waals surface area contributed by atoms with Crippen LogP contribution in [-0.4, -0.2) is 48.1 Å². The summed E-state index contributed by atoms with van der Waals surface area (Å²) in [4.78, 5) is 30.9. The molecule has 27 heavy (non-hydrogen) atoms. The summed E-state index contributed by atoms with van der Waals surface area (Å²) in [5, 5.41) is 5.49. The molecule has 2 amide bonds. The highest BCUT2D eigenvalue weighted by Crippen LogP contribution is 2.36. The van der Waals surface area contributed by atoms with Crippen LogP contribution in [0.3, 0.4) is 0 Å². The number of aromatic amines is 1. The predicted molar refractivity (Wildman–Crippen MR) is 95.7 cm³/mol. The van der Waals surface area contributed by atoms with E-state index < -0.39 is 6.04 Å². The number of ether oxygens (including phenoxy) is 3. The molecule has 144 valence electrons. The predicted octanol–water partition coefficient (Wildman–Crippen LogP) is 0.553. The average molecular weight is 374 g/mol. The number of nitrogens with zero attached hydrogens (tertiary/aromatic N) is 1. The maximum Gasteiger partial charge on any atom is 0.243 e. The van der Waals surface area contributed by atoms with Crippen LogP contribution in [0.1, 0.15) is 18.2 Å². The van der Waals surface area contributed by atoms with Crippen LogP contribution in [0.25, 0.3) is 0 Å². The number of fused-ring (bicyclic) bond motifs is 1. The van der Waals surface area contributed by atoms with Gasteiger partial charge in [0.2, 0.25) is 11.8 Å². The number of hydrogen-bond acceptors (Lipinski definition) is 6. The lowest BCUT2D eigenvalue weighted by Gasteiger charge is -2.21. The SMILES string of the molecule is COc1cc2c(cc1CNC(=O)[C@H](Cc1cnc[nH]1)NC(C)=O)OCCO2. The van der Waals surface area contributed by atoms with Gasteiger partial charge in [0, 0.05) is 43.4 Å². The lowest BCUT2D eigenvalue weighted by molar-refractivity contribution is -0.128. The molecular formula is C18H22N4O5. The Morgan fingerprint density at radius 1 is 1.30 bits per heavy atom. The Bertz CT molecular complexity index is 806. The van der Waals surface area contributed by atoms with Gasteiger partial charge < -0.3 is 29.8 Å². The highest BCUT2D eigenvalue weighted by molar-refractivity contribution is 5.87. The number of H-pyrrole nitrogens is 1. The number of hydrogen-bond donors (Lipinski definition) is 3. The minimum Gasteiger partial charge on any atom is -0.496 e. The van der Waals surface area contributed by atoms with E-state index in [2.05, 4.69) is 20.6 Å². The van der Waals surface area contributed by atoms with Crippen LogP contribution in [0.5, 0.6) is 17.2 Å². The number of amides is 2. The monoisotopic (exact) mass is 374 g/mol. The number of carbonyl (C=O) groups excluding carboxylic acids is 2. The topological polar surface area (TPSA) is 115 Å². The number of aromatic nitrogens is 2. The summed E-state index contributed by atoms with van der Waals surface area (Å²) in [6.07, 6.45) is 3.45. The second kappa shape index (κ2) is 8.43. The number of methoxy groups -OCH3 is 1. The van der Waals surface area contributed by atoms with Gasteiger partial charge in [-0.3, -0.25) is 9.59 Å². The first kappa shape index (κ1) is 18.6. The van der Waals surface area contributed by atoms with E-state index in [1.54, 1.807) is 25.4 Å². The summed E-state index contributed by atoms with van der Waals surface area (Å²) in [5.74, 6) is 1.22. The Morgan fingerprint density at radius 3 is 2.67 bits per heavy atom. The van der Waals surface area contributed by atoms with E-state index in [0.29, 0.717) is 36.9 Å². The van der Waals surface area contributed by atoms with Gasteiger partial charge in [-0.2, -0.15) is 0 Å². The highest BCUT2D eigenvalue weighted by Gasteiger charge is 2.22. The zero-order valence-corrected chi connectivity index (χ0v) is 15.2. The van der Waals surface area contributed by atoms with E-state index in [1.165, 1.54) is 13.3 Å². The molecule has 2 aromatic rings. The molecule has 0 saturated heterocycles. The quantitative estimate of drug-likeness (QED) is 0.652. The van der Waals surface area contributed by atoms with Crippen LogP contribution in [0.4, 0.5) is 0 Å². The molecule has 1 aromatic carbocycles. The van der Waals surface area contributed by atoms with Crippen molar-refractivity contribution in [2.75, 3.05) is 20.3 Å². The molecule has 2 heterocycles. The molecule has 9 heteroatoms. The molecule has 3 rings (SSSR count). The fourth-order valence-corrected chi connectivity index (χ4v) is 2.82. The zero-order valence-electron chi connectivity index (χ0n) is 15.2. The van der Waals surface area contributed by atoms with E-state index in [4.69, 9.17) is 14.2 Å². The van der Waals surface area contributed by atoms with Crippen molar-refractivity contribution in [1.82, 2.24) is 20.6 Å². The van der Waals surface area contributed by atoms with Crippen LogP contribution in [0.15, 0.2) is 24.7 Å². The van der Waals surface area contributed by atoms with Gasteiger partial charge in [-0.25, -0.2) is 4.98 Å². The largest absolute Gasteiger partial charge is 0.496 e. The Labute approximate surface area is 156 Å². The molecule has 9 nitrogen and oxygen atoms in total. The number of carbonyl (C=O) groups is 2. The molecule has 0 unspecified atom stereocenters. The minimum absolute atomic E-state index is 0.220. The lowest BCUT2D eigenvalue weighted by Crippen LogP contribution is -2.47. The smallest absolute Gasteiger partial charge is 0.243 e. The van der Waals surface area contributed by atoms with Gasteiger partial charge in [0.05, 0.1) is 13.4 Å². The molecule has 0 saturated carbocycles. The Morgan fingerprint density at radius 2 is 2.04 bits per heavy atom. The minimum atomic E-state index is -0.717. The molecule has 1 aliphatic rings. The maximum absolute atomic E-state index is 12.6. The van der Waals surface area contributed by atoms with E-state index in [0.717, 1.165) is 11.3 Å². The van der Waals surface area contributed by atoms with E-state index in [9.17, 15) is 9.59 Å². The van der Waals surface area contributed by atoms with Crippen LogP contribution in [0, 0.1) is 0 Å². The van der Waals surface area contributed by atoms with Crippen molar-refractivity contribution < 1.29 is 23.8 Å². The fourth-order valence-electron chi connectivity index (χ4n) is 2.82. The van der Waals surface area contributed by atoms with Gasteiger partial charge >= 0.3 is 0 Å². The molecule has 1 aromatic heterocycles. The van der Waals surface area contributed by atoms with Gasteiger partial charge in [0.15, 0.2) is 11.5 Å². The first-order valence-electron chi connectivity index (χ1n) is 8.55. The van der Waals surface area contributed by atoms with Crippen LogP contribution >= 0.6 is 0 Å². The van der Waals surface area contributed by atoms with Crippen molar-refractivity contribution in [3.63, 3.8) is 0 Å². The summed E-state index contributed by atoms with van der Waals surface area (Å²) >= 11 is 0.